The molecule has 2 aromatic carbocycles. The molecule has 0 unspecified atom stereocenters. The number of nitrogens with zero attached hydrogens (tertiary/aromatic N) is 2. The number of fused-ring (bicyclic) bond motifs is 3. The van der Waals surface area contributed by atoms with Crippen molar-refractivity contribution in [1.82, 2.24) is 9.88 Å². The zero-order chi connectivity index (χ0) is 27.3. The summed E-state index contributed by atoms with van der Waals surface area (Å²) in [6.07, 6.45) is -1.31. The van der Waals surface area contributed by atoms with Crippen LogP contribution in [0.3, 0.4) is 0 Å². The summed E-state index contributed by atoms with van der Waals surface area (Å²) in [6, 6.07) is 8.15. The van der Waals surface area contributed by atoms with Crippen molar-refractivity contribution in [1.29, 1.82) is 0 Å². The van der Waals surface area contributed by atoms with E-state index in [1.165, 1.54) is 19.4 Å². The van der Waals surface area contributed by atoms with E-state index in [4.69, 9.17) is 13.9 Å². The van der Waals surface area contributed by atoms with Gasteiger partial charge in [-0.15, -0.1) is 11.3 Å². The number of alkyl halides is 3. The van der Waals surface area contributed by atoms with Gasteiger partial charge in [0.1, 0.15) is 17.4 Å². The lowest BCUT2D eigenvalue weighted by atomic mass is 9.95. The molecule has 0 radical (unpaired) electrons. The van der Waals surface area contributed by atoms with Crippen LogP contribution in [0.15, 0.2) is 41.0 Å². The number of furan rings is 1. The topological polar surface area (TPSA) is 64.8 Å². The fourth-order valence-electron chi connectivity index (χ4n) is 5.71. The van der Waals surface area contributed by atoms with Gasteiger partial charge in [-0.25, -0.2) is 4.98 Å². The number of ether oxygens (including phenoxy) is 2. The van der Waals surface area contributed by atoms with Gasteiger partial charge in [0.2, 0.25) is 0 Å². The van der Waals surface area contributed by atoms with Gasteiger partial charge in [0.05, 0.1) is 36.1 Å². The Kier molecular flexibility index (Phi) is 6.63. The van der Waals surface area contributed by atoms with Gasteiger partial charge in [-0.1, -0.05) is 6.07 Å². The summed E-state index contributed by atoms with van der Waals surface area (Å²) in [5.41, 5.74) is 3.68. The third-order valence-electron chi connectivity index (χ3n) is 7.54. The van der Waals surface area contributed by atoms with Crippen molar-refractivity contribution in [2.75, 3.05) is 13.7 Å². The van der Waals surface area contributed by atoms with Gasteiger partial charge in [-0.3, -0.25) is 9.69 Å². The summed E-state index contributed by atoms with van der Waals surface area (Å²) in [7, 11) is 1.34. The number of carbonyl (C=O) groups excluding carboxylic acids is 1. The van der Waals surface area contributed by atoms with Crippen molar-refractivity contribution in [3.63, 3.8) is 0 Å². The summed E-state index contributed by atoms with van der Waals surface area (Å²) in [5, 5.41) is 1.78. The molecule has 0 saturated carbocycles. The molecule has 0 spiro atoms. The van der Waals surface area contributed by atoms with Crippen LogP contribution < -0.4 is 4.74 Å². The normalized spacial score (nSPS) is 17.3. The molecule has 0 N–H and O–H groups in total. The van der Waals surface area contributed by atoms with Crippen molar-refractivity contribution in [2.45, 2.75) is 58.0 Å². The lowest BCUT2D eigenvalue weighted by Gasteiger charge is -2.28. The number of rotatable bonds is 6. The average Bonchev–Trinajstić information content (AvgIpc) is 3.59. The Morgan fingerprint density at radius 2 is 2.08 bits per heavy atom. The van der Waals surface area contributed by atoms with E-state index in [-0.39, 0.29) is 25.0 Å². The molecule has 204 valence electrons. The molecule has 1 atom stereocenters. The summed E-state index contributed by atoms with van der Waals surface area (Å²) in [6.45, 7) is 3.49. The highest BCUT2D eigenvalue weighted by Gasteiger charge is 2.38. The van der Waals surface area contributed by atoms with Crippen LogP contribution in [0, 0.1) is 6.92 Å². The van der Waals surface area contributed by atoms with E-state index >= 15 is 0 Å². The van der Waals surface area contributed by atoms with E-state index in [9.17, 15) is 18.0 Å². The molecule has 1 aliphatic heterocycles. The Balaban J connectivity index is 1.26. The minimum Gasteiger partial charge on any atom is -0.486 e. The Morgan fingerprint density at radius 3 is 2.87 bits per heavy atom. The highest BCUT2D eigenvalue weighted by molar-refractivity contribution is 7.11. The molecule has 2 aromatic heterocycles. The molecule has 3 heterocycles. The molecule has 0 saturated heterocycles. The number of aryl methyl sites for hydroxylation is 1. The third-order valence-corrected chi connectivity index (χ3v) is 8.54. The summed E-state index contributed by atoms with van der Waals surface area (Å²) < 4.78 is 59.0. The van der Waals surface area contributed by atoms with Crippen LogP contribution in [0.1, 0.15) is 55.9 Å². The van der Waals surface area contributed by atoms with Crippen LogP contribution in [0.25, 0.3) is 11.0 Å². The molecule has 0 fully saturated rings. The first kappa shape index (κ1) is 25.9. The third kappa shape index (κ3) is 5.03. The number of benzene rings is 2. The summed E-state index contributed by atoms with van der Waals surface area (Å²) in [5.74, 6) is 0.201. The first-order chi connectivity index (χ1) is 18.7. The van der Waals surface area contributed by atoms with Crippen molar-refractivity contribution < 1.29 is 31.9 Å². The van der Waals surface area contributed by atoms with Gasteiger partial charge in [0.15, 0.2) is 0 Å². The van der Waals surface area contributed by atoms with Crippen LogP contribution in [-0.2, 0) is 48.1 Å². The summed E-state index contributed by atoms with van der Waals surface area (Å²) in [4.78, 5) is 19.5. The fourth-order valence-corrected chi connectivity index (χ4v) is 6.73. The van der Waals surface area contributed by atoms with Gasteiger partial charge in [-0.05, 0) is 54.7 Å². The minimum atomic E-state index is -4.43. The maximum atomic E-state index is 14.1. The molecule has 39 heavy (non-hydrogen) atoms. The van der Waals surface area contributed by atoms with Crippen LogP contribution in [0.4, 0.5) is 13.2 Å². The highest BCUT2D eigenvalue weighted by atomic mass is 32.1. The van der Waals surface area contributed by atoms with Gasteiger partial charge in [0, 0.05) is 47.9 Å². The lowest BCUT2D eigenvalue weighted by molar-refractivity contribution is -0.140. The Morgan fingerprint density at radius 1 is 1.23 bits per heavy atom. The predicted molar refractivity (Wildman–Crippen MR) is 140 cm³/mol. The van der Waals surface area contributed by atoms with Gasteiger partial charge >= 0.3 is 12.1 Å². The van der Waals surface area contributed by atoms with Crippen LogP contribution in [0.2, 0.25) is 0 Å². The number of halogens is 3. The maximum absolute atomic E-state index is 14.1. The molecule has 6 nitrogen and oxygen atoms in total. The van der Waals surface area contributed by atoms with E-state index in [1.807, 2.05) is 13.0 Å². The fraction of sp³-hybridized carbons (Fsp3) is 0.379. The van der Waals surface area contributed by atoms with Crippen molar-refractivity contribution in [2.24, 2.45) is 0 Å². The van der Waals surface area contributed by atoms with Gasteiger partial charge in [-0.2, -0.15) is 13.2 Å². The number of carbonyl (C=O) groups is 1. The Labute approximate surface area is 227 Å². The molecule has 4 aromatic rings. The standard InChI is InChI=1S/C29H27F3N2O4S/c1-16-33-24-9-10-34(14-27(24)39-16)13-22-20-6-8-25(21(20)5-7-23(22)29(30,31)32)38-18-3-4-19-17(11-28(35)36-2)15-37-26(19)12-18/h3-5,7,12,15,25H,6,8-11,13-14H2,1-2H3/t25-/m1/s1. The smallest absolute Gasteiger partial charge is 0.416 e. The lowest BCUT2D eigenvalue weighted by Crippen LogP contribution is -2.31. The molecular formula is C29H27F3N2O4S. The monoisotopic (exact) mass is 556 g/mol. The molecule has 2 aliphatic rings. The van der Waals surface area contributed by atoms with E-state index in [2.05, 4.69) is 9.88 Å². The SMILES string of the molecule is COC(=O)Cc1coc2cc(O[C@@H]3CCc4c3ccc(C(F)(F)F)c4CN3CCc4nc(C)sc4C3)ccc12. The molecule has 0 amide bonds. The second kappa shape index (κ2) is 9.98. The zero-order valence-electron chi connectivity index (χ0n) is 21.6. The number of methoxy groups -OCH3 is 1. The maximum Gasteiger partial charge on any atom is 0.416 e. The second-order valence-corrected chi connectivity index (χ2v) is 11.3. The van der Waals surface area contributed by atoms with E-state index in [1.54, 1.807) is 29.5 Å². The Bertz CT molecular complexity index is 1560. The first-order valence-electron chi connectivity index (χ1n) is 12.8. The number of hydrogen-bond donors (Lipinski definition) is 0. The van der Waals surface area contributed by atoms with Gasteiger partial charge in [0.25, 0.3) is 0 Å². The molecule has 6 rings (SSSR count). The average molecular weight is 557 g/mol. The van der Waals surface area contributed by atoms with Crippen molar-refractivity contribution in [3.8, 4) is 5.75 Å². The number of hydrogen-bond acceptors (Lipinski definition) is 7. The number of esters is 1. The van der Waals surface area contributed by atoms with Gasteiger partial charge < -0.3 is 13.9 Å². The minimum absolute atomic E-state index is 0.102. The quantitative estimate of drug-likeness (QED) is 0.251. The van der Waals surface area contributed by atoms with E-state index in [0.717, 1.165) is 44.1 Å². The van der Waals surface area contributed by atoms with Crippen LogP contribution in [0.5, 0.6) is 5.75 Å². The van der Waals surface area contributed by atoms with Crippen molar-refractivity contribution in [3.05, 3.63) is 80.0 Å². The second-order valence-electron chi connectivity index (χ2n) is 10.0. The van der Waals surface area contributed by atoms with Crippen LogP contribution in [-0.4, -0.2) is 29.5 Å². The van der Waals surface area contributed by atoms with Crippen molar-refractivity contribution >= 4 is 28.3 Å². The molecule has 0 bridgehead atoms. The largest absolute Gasteiger partial charge is 0.486 e. The van der Waals surface area contributed by atoms with E-state index < -0.39 is 11.7 Å². The molecule has 10 heteroatoms. The highest BCUT2D eigenvalue weighted by Crippen LogP contribution is 2.43. The van der Waals surface area contributed by atoms with Crippen LogP contribution >= 0.6 is 11.3 Å². The molecule has 1 aliphatic carbocycles. The number of aromatic nitrogens is 1. The number of thiazole rings is 1. The van der Waals surface area contributed by atoms with E-state index in [0.29, 0.717) is 42.8 Å². The Hall–Kier alpha value is -3.37. The molecular weight excluding hydrogens is 529 g/mol. The summed E-state index contributed by atoms with van der Waals surface area (Å²) >= 11 is 1.62. The zero-order valence-corrected chi connectivity index (χ0v) is 22.4. The predicted octanol–water partition coefficient (Wildman–Crippen LogP) is 6.56. The first-order valence-corrected chi connectivity index (χ1v) is 13.6.